The fourth-order valence-electron chi connectivity index (χ4n) is 8.65. The summed E-state index contributed by atoms with van der Waals surface area (Å²) in [6.45, 7) is 59.6. The van der Waals surface area contributed by atoms with Gasteiger partial charge in [-0.15, -0.1) is 0 Å². The third kappa shape index (κ3) is 15.7. The van der Waals surface area contributed by atoms with Gasteiger partial charge in [0, 0.05) is 0 Å². The van der Waals surface area contributed by atoms with E-state index < -0.39 is 30.9 Å². The molecule has 0 saturated carbocycles. The molecule has 0 unspecified atom stereocenters. The zero-order valence-electron chi connectivity index (χ0n) is 46.2. The van der Waals surface area contributed by atoms with Gasteiger partial charge in [0.25, 0.3) is 0 Å². The normalized spacial score (nSPS) is 12.1. The van der Waals surface area contributed by atoms with Crippen molar-refractivity contribution < 1.29 is 0 Å². The minimum absolute atomic E-state index is 0.436. The molecule has 0 aromatic heterocycles. The van der Waals surface area contributed by atoms with Gasteiger partial charge in [-0.05, 0) is 6.72 Å². The van der Waals surface area contributed by atoms with Crippen LogP contribution in [0.5, 0.6) is 0 Å². The van der Waals surface area contributed by atoms with E-state index in [0.29, 0.717) is 71.0 Å². The number of hydrogen-bond donors (Lipinski definition) is 0. The molecule has 0 aliphatic heterocycles. The number of benzene rings is 4. The Labute approximate surface area is 416 Å². The van der Waals surface area contributed by atoms with E-state index in [1.165, 1.54) is 22.3 Å². The van der Waals surface area contributed by atoms with Gasteiger partial charge in [0.2, 0.25) is 0 Å². The van der Waals surface area contributed by atoms with Crippen LogP contribution in [0.3, 0.4) is 0 Å². The van der Waals surface area contributed by atoms with E-state index in [0.717, 1.165) is 0 Å². The van der Waals surface area contributed by atoms with Crippen molar-refractivity contribution in [2.75, 3.05) is 0 Å². The summed E-state index contributed by atoms with van der Waals surface area (Å²) in [5, 5.41) is 2.50. The summed E-state index contributed by atoms with van der Waals surface area (Å²) in [5.41, 5.74) is 18.9. The van der Waals surface area contributed by atoms with Gasteiger partial charge in [0.05, 0.1) is 0 Å². The predicted molar refractivity (Wildman–Crippen MR) is 299 cm³/mol. The molecular weight excluding hydrogens is 906 g/mol. The van der Waals surface area contributed by atoms with Gasteiger partial charge in [0.1, 0.15) is 0 Å². The summed E-state index contributed by atoms with van der Waals surface area (Å²) in [4.78, 5) is 0. The van der Waals surface area contributed by atoms with Crippen LogP contribution >= 0.6 is 0 Å². The Morgan fingerprint density at radius 2 is 0.385 bits per heavy atom. The summed E-state index contributed by atoms with van der Waals surface area (Å²) in [5.74, 6) is 12.5. The van der Waals surface area contributed by atoms with E-state index >= 15 is 0 Å². The average molecular weight is 1000 g/mol. The Hall–Kier alpha value is -2.56. The first-order valence-corrected chi connectivity index (χ1v) is 29.7. The maximum atomic E-state index is 5.72. The fourth-order valence-corrected chi connectivity index (χ4v) is 18.2. The van der Waals surface area contributed by atoms with E-state index in [4.69, 9.17) is 5.84 Å². The molecule has 4 radical (unpaired) electrons. The molecule has 0 amide bonds. The molecule has 4 heteroatoms. The van der Waals surface area contributed by atoms with Gasteiger partial charge in [-0.25, -0.2) is 0 Å². The van der Waals surface area contributed by atoms with Crippen LogP contribution in [0.4, 0.5) is 0 Å². The van der Waals surface area contributed by atoms with Crippen molar-refractivity contribution in [3.8, 4) is 0 Å². The van der Waals surface area contributed by atoms with Gasteiger partial charge in [-0.2, -0.15) is 0 Å². The van der Waals surface area contributed by atoms with Gasteiger partial charge in [0.15, 0.2) is 0 Å². The summed E-state index contributed by atoms with van der Waals surface area (Å²) in [6, 6.07) is 20.3. The van der Waals surface area contributed by atoms with E-state index in [1.807, 2.05) is 0 Å². The number of hydrogen-bond acceptors (Lipinski definition) is 1. The molecule has 0 atom stereocenters. The Bertz CT molecular complexity index is 1710. The van der Waals surface area contributed by atoms with Crippen LogP contribution in [-0.2, 0) is 0 Å². The van der Waals surface area contributed by atoms with E-state index in [1.54, 1.807) is 62.1 Å². The van der Waals surface area contributed by atoms with Crippen LogP contribution in [0.2, 0.25) is 0 Å². The number of nitrogens with one attached hydrogen (secondary N) is 1. The second-order valence-corrected chi connectivity index (χ2v) is 27.8. The van der Waals surface area contributed by atoms with E-state index in [-0.39, 0.29) is 0 Å². The molecule has 0 fully saturated rings. The maximum absolute atomic E-state index is 5.72. The van der Waals surface area contributed by atoms with E-state index in [9.17, 15) is 0 Å². The molecule has 358 valence electrons. The minimum atomic E-state index is -0.436. The standard InChI is InChI=1S/2C30H46Ge.CH3N2/c2*1-17(2)23-13-25(19(5)6)29(26(14-23)20(7)8)31-30-27(21(9)10)15-24(18(3)4)16-28(30)22(11)12;1-3-2/h2*13-22H,1-12H3;2H,1H2/q;;-1. The molecule has 0 heterocycles. The summed E-state index contributed by atoms with van der Waals surface area (Å²) < 4.78 is 6.82. The third-order valence-electron chi connectivity index (χ3n) is 13.0. The van der Waals surface area contributed by atoms with Crippen LogP contribution < -0.4 is 17.6 Å². The Morgan fingerprint density at radius 3 is 0.462 bits per heavy atom. The van der Waals surface area contributed by atoms with Gasteiger partial charge in [-0.1, -0.05) is 0 Å². The van der Waals surface area contributed by atoms with Crippen LogP contribution in [0.15, 0.2) is 53.6 Å². The molecule has 0 aliphatic carbocycles. The molecule has 0 aliphatic rings. The first-order chi connectivity index (χ1) is 30.1. The zero-order chi connectivity index (χ0) is 49.9. The first-order valence-electron chi connectivity index (χ1n) is 25.5. The molecule has 0 bridgehead atoms. The molecule has 4 rings (SSSR count). The predicted octanol–water partition coefficient (Wildman–Crippen LogP) is 16.8. The average Bonchev–Trinajstić information content (AvgIpc) is 3.20. The van der Waals surface area contributed by atoms with Crippen molar-refractivity contribution in [1.29, 1.82) is 0 Å². The Kier molecular flexibility index (Phi) is 23.7. The van der Waals surface area contributed by atoms with Crippen LogP contribution in [0.1, 0.15) is 304 Å². The van der Waals surface area contributed by atoms with Crippen molar-refractivity contribution in [3.63, 3.8) is 0 Å². The Morgan fingerprint density at radius 1 is 0.277 bits per heavy atom. The summed E-state index contributed by atoms with van der Waals surface area (Å²) in [7, 11) is 0. The van der Waals surface area contributed by atoms with Gasteiger partial charge >= 0.3 is 401 Å². The van der Waals surface area contributed by atoms with E-state index in [2.05, 4.69) is 227 Å². The van der Waals surface area contributed by atoms with Crippen molar-refractivity contribution in [2.45, 2.75) is 237 Å². The molecule has 0 saturated heterocycles. The second-order valence-electron chi connectivity index (χ2n) is 22.6. The molecule has 1 N–H and O–H groups in total. The van der Waals surface area contributed by atoms with Crippen LogP contribution in [0.25, 0.3) is 5.84 Å². The van der Waals surface area contributed by atoms with Gasteiger partial charge < -0.3 is 10.9 Å². The molecule has 4 aromatic carbocycles. The topological polar surface area (TPSA) is 36.2 Å². The first kappa shape index (κ1) is 58.6. The Balaban J connectivity index is 0.000000421. The summed E-state index contributed by atoms with van der Waals surface area (Å²) in [6.07, 6.45) is 0. The number of rotatable bonds is 16. The van der Waals surface area contributed by atoms with Crippen molar-refractivity contribution in [2.24, 2.45) is 5.10 Å². The third-order valence-corrected chi connectivity index (χ3v) is 20.0. The number of nitrogens with zero attached hydrogens (tertiary/aromatic N) is 1. The zero-order valence-corrected chi connectivity index (χ0v) is 50.4. The molecule has 0 spiro atoms. The second kappa shape index (κ2) is 26.3. The molecule has 2 nitrogen and oxygen atoms in total. The molecule has 65 heavy (non-hydrogen) atoms. The molecule has 4 aromatic rings. The SMILES string of the molecule is C=N[NH-].CC(C)c1cc(C(C)C)[c]([Ge][c]2c(C(C)C)cc(C(C)C)cc2C(C)C)c(C(C)C)c1.CC(C)c1cc(C(C)C)[c]([Ge][c]2c(C(C)C)cc(C(C)C)cc2C(C)C)c(C(C)C)c1. The molecular formula is C61H95Ge2N2-. The van der Waals surface area contributed by atoms with Crippen LogP contribution in [0, 0.1) is 0 Å². The van der Waals surface area contributed by atoms with Crippen LogP contribution in [-0.4, -0.2) is 37.6 Å². The monoisotopic (exact) mass is 1000 g/mol. The quantitative estimate of drug-likeness (QED) is 0.0609. The van der Waals surface area contributed by atoms with Crippen molar-refractivity contribution in [3.05, 3.63) is 121 Å². The van der Waals surface area contributed by atoms with Crippen molar-refractivity contribution >= 4 is 55.2 Å². The van der Waals surface area contributed by atoms with Crippen molar-refractivity contribution in [1.82, 2.24) is 0 Å². The fraction of sp³-hybridized carbons (Fsp3) is 0.590. The van der Waals surface area contributed by atoms with Gasteiger partial charge in [-0.3, -0.25) is 0 Å². The summed E-state index contributed by atoms with van der Waals surface area (Å²) >= 11 is -0.873.